The van der Waals surface area contributed by atoms with Gasteiger partial charge in [0.15, 0.2) is 5.65 Å². The molecule has 1 atom stereocenters. The number of rotatable bonds is 4. The molecule has 0 aliphatic carbocycles. The number of hydrogen-bond acceptors (Lipinski definition) is 5. The normalized spacial score (nSPS) is 15.9. The van der Waals surface area contributed by atoms with Crippen molar-refractivity contribution in [3.8, 4) is 16.9 Å². The van der Waals surface area contributed by atoms with Gasteiger partial charge in [-0.05, 0) is 89.4 Å². The second-order valence-corrected chi connectivity index (χ2v) is 11.4. The van der Waals surface area contributed by atoms with Crippen molar-refractivity contribution in [2.24, 2.45) is 0 Å². The number of benzene rings is 2. The molecule has 5 rings (SSSR count). The van der Waals surface area contributed by atoms with E-state index in [-0.39, 0.29) is 17.6 Å². The Bertz CT molecular complexity index is 1550. The average molecular weight is 527 g/mol. The van der Waals surface area contributed by atoms with Crippen molar-refractivity contribution in [2.45, 2.75) is 59.0 Å². The van der Waals surface area contributed by atoms with Gasteiger partial charge >= 0.3 is 12.1 Å². The topological polar surface area (TPSA) is 97.6 Å². The zero-order valence-corrected chi connectivity index (χ0v) is 23.1. The Morgan fingerprint density at radius 1 is 1.05 bits per heavy atom. The van der Waals surface area contributed by atoms with Crippen molar-refractivity contribution >= 4 is 23.2 Å². The van der Waals surface area contributed by atoms with Crippen LogP contribution in [0.3, 0.4) is 0 Å². The highest BCUT2D eigenvalue weighted by Gasteiger charge is 2.30. The molecule has 1 fully saturated rings. The molecular weight excluding hydrogens is 492 g/mol. The molecule has 8 heteroatoms. The van der Waals surface area contributed by atoms with Crippen LogP contribution in [0.2, 0.25) is 0 Å². The second-order valence-electron chi connectivity index (χ2n) is 11.4. The lowest BCUT2D eigenvalue weighted by Crippen LogP contribution is -2.42. The van der Waals surface area contributed by atoms with Crippen molar-refractivity contribution in [1.29, 1.82) is 0 Å². The van der Waals surface area contributed by atoms with Crippen LogP contribution in [-0.4, -0.2) is 55.3 Å². The number of carboxylic acids is 1. The van der Waals surface area contributed by atoms with E-state index in [0.717, 1.165) is 46.4 Å². The van der Waals surface area contributed by atoms with Gasteiger partial charge in [0, 0.05) is 36.5 Å². The van der Waals surface area contributed by atoms with Crippen LogP contribution in [0.15, 0.2) is 54.9 Å². The number of nitrogens with zero attached hydrogens (tertiary/aromatic N) is 4. The summed E-state index contributed by atoms with van der Waals surface area (Å²) in [6, 6.07) is 13.6. The Kier molecular flexibility index (Phi) is 6.89. The Hall–Kier alpha value is -4.20. The molecule has 0 saturated carbocycles. The van der Waals surface area contributed by atoms with E-state index in [1.807, 2.05) is 43.7 Å². The highest BCUT2D eigenvalue weighted by atomic mass is 16.6. The van der Waals surface area contributed by atoms with Crippen LogP contribution in [0, 0.1) is 13.8 Å². The number of amides is 1. The third-order valence-electron chi connectivity index (χ3n) is 6.97. The summed E-state index contributed by atoms with van der Waals surface area (Å²) in [6.07, 6.45) is 4.87. The first kappa shape index (κ1) is 26.4. The summed E-state index contributed by atoms with van der Waals surface area (Å²) >= 11 is 0. The van der Waals surface area contributed by atoms with Gasteiger partial charge in [0.25, 0.3) is 0 Å². The van der Waals surface area contributed by atoms with E-state index >= 15 is 0 Å². The molecule has 2 aromatic carbocycles. The molecule has 3 heterocycles. The van der Waals surface area contributed by atoms with E-state index in [1.165, 1.54) is 0 Å². The van der Waals surface area contributed by atoms with Gasteiger partial charge in [-0.3, -0.25) is 9.55 Å². The second kappa shape index (κ2) is 10.2. The van der Waals surface area contributed by atoms with Gasteiger partial charge < -0.3 is 14.7 Å². The zero-order valence-electron chi connectivity index (χ0n) is 23.1. The number of carbonyl (C=O) groups is 2. The quantitative estimate of drug-likeness (QED) is 0.325. The van der Waals surface area contributed by atoms with Crippen molar-refractivity contribution in [2.75, 3.05) is 13.1 Å². The predicted molar refractivity (Wildman–Crippen MR) is 151 cm³/mol. The minimum Gasteiger partial charge on any atom is -0.478 e. The molecule has 1 N–H and O–H groups in total. The number of carboxylic acid groups (broad SMARTS) is 1. The predicted octanol–water partition coefficient (Wildman–Crippen LogP) is 6.52. The van der Waals surface area contributed by atoms with E-state index in [0.29, 0.717) is 24.3 Å². The summed E-state index contributed by atoms with van der Waals surface area (Å²) in [6.45, 7) is 10.6. The number of fused-ring (bicyclic) bond motifs is 1. The first-order valence-corrected chi connectivity index (χ1v) is 13.3. The number of aromatic nitrogens is 3. The fraction of sp³-hybridized carbons (Fsp3) is 0.355. The van der Waals surface area contributed by atoms with Gasteiger partial charge in [-0.15, -0.1) is 0 Å². The molecule has 0 radical (unpaired) electrons. The largest absolute Gasteiger partial charge is 0.478 e. The molecule has 2 aromatic heterocycles. The van der Waals surface area contributed by atoms with Crippen LogP contribution < -0.4 is 0 Å². The van der Waals surface area contributed by atoms with Crippen molar-refractivity contribution in [1.82, 2.24) is 19.4 Å². The fourth-order valence-corrected chi connectivity index (χ4v) is 5.33. The molecule has 1 aliphatic heterocycles. The standard InChI is InChI=1S/C31H34N4O4/c1-19-13-20(2)15-22(14-19)27-17-32-26-10-12-35(28(26)33-27)23-8-9-24(29(36)37)25(16-23)21-7-6-11-34(18-21)30(38)39-31(3,4)5/h8-10,12-17,21H,6-7,11,18H2,1-5H3,(H,36,37). The van der Waals surface area contributed by atoms with Gasteiger partial charge in [0.1, 0.15) is 11.1 Å². The Morgan fingerprint density at radius 2 is 1.79 bits per heavy atom. The summed E-state index contributed by atoms with van der Waals surface area (Å²) in [5.74, 6) is -1.11. The number of aryl methyl sites for hydroxylation is 2. The van der Waals surface area contributed by atoms with E-state index in [2.05, 4.69) is 37.0 Å². The number of aromatic carboxylic acids is 1. The van der Waals surface area contributed by atoms with E-state index in [4.69, 9.17) is 9.72 Å². The van der Waals surface area contributed by atoms with E-state index in [9.17, 15) is 14.7 Å². The van der Waals surface area contributed by atoms with Crippen molar-refractivity contribution in [3.63, 3.8) is 0 Å². The minimum absolute atomic E-state index is 0.129. The Balaban J connectivity index is 1.53. The maximum Gasteiger partial charge on any atom is 0.410 e. The zero-order chi connectivity index (χ0) is 27.9. The Labute approximate surface area is 228 Å². The van der Waals surface area contributed by atoms with Gasteiger partial charge in [-0.25, -0.2) is 14.6 Å². The maximum atomic E-state index is 12.8. The van der Waals surface area contributed by atoms with E-state index in [1.54, 1.807) is 23.2 Å². The first-order valence-electron chi connectivity index (χ1n) is 13.3. The monoisotopic (exact) mass is 526 g/mol. The van der Waals surface area contributed by atoms with Crippen LogP contribution in [0.1, 0.15) is 66.6 Å². The summed E-state index contributed by atoms with van der Waals surface area (Å²) < 4.78 is 7.53. The lowest BCUT2D eigenvalue weighted by Gasteiger charge is -2.34. The van der Waals surface area contributed by atoms with Gasteiger partial charge in [-0.1, -0.05) is 17.2 Å². The first-order chi connectivity index (χ1) is 18.5. The third-order valence-corrected chi connectivity index (χ3v) is 6.97. The SMILES string of the molecule is Cc1cc(C)cc(-c2cnc3ccn(-c4ccc(C(=O)O)c(C5CCCN(C(=O)OC(C)(C)C)C5)c4)c3n2)c1. The summed E-state index contributed by atoms with van der Waals surface area (Å²) in [5, 5.41) is 9.99. The summed E-state index contributed by atoms with van der Waals surface area (Å²) in [5.41, 5.74) is 6.68. The van der Waals surface area contributed by atoms with E-state index < -0.39 is 11.6 Å². The smallest absolute Gasteiger partial charge is 0.410 e. The summed E-state index contributed by atoms with van der Waals surface area (Å²) in [4.78, 5) is 36.2. The molecule has 0 spiro atoms. The molecule has 1 saturated heterocycles. The van der Waals surface area contributed by atoms with Crippen LogP contribution in [0.25, 0.3) is 28.1 Å². The van der Waals surface area contributed by atoms with Crippen molar-refractivity contribution < 1.29 is 19.4 Å². The molecule has 1 unspecified atom stereocenters. The van der Waals surface area contributed by atoms with Crippen LogP contribution in [0.5, 0.6) is 0 Å². The average Bonchev–Trinajstić information content (AvgIpc) is 3.30. The maximum absolute atomic E-state index is 12.8. The number of carbonyl (C=O) groups excluding carboxylic acids is 1. The van der Waals surface area contributed by atoms with Gasteiger partial charge in [0.2, 0.25) is 0 Å². The molecule has 4 aromatic rings. The van der Waals surface area contributed by atoms with Crippen molar-refractivity contribution in [3.05, 3.63) is 77.1 Å². The number of ether oxygens (including phenoxy) is 1. The lowest BCUT2D eigenvalue weighted by molar-refractivity contribution is 0.0198. The summed E-state index contributed by atoms with van der Waals surface area (Å²) in [7, 11) is 0. The third kappa shape index (κ3) is 5.65. The molecule has 8 nitrogen and oxygen atoms in total. The highest BCUT2D eigenvalue weighted by Crippen LogP contribution is 2.33. The van der Waals surface area contributed by atoms with Crippen LogP contribution in [-0.2, 0) is 4.74 Å². The number of hydrogen-bond donors (Lipinski definition) is 1. The highest BCUT2D eigenvalue weighted by molar-refractivity contribution is 5.90. The molecular formula is C31H34N4O4. The molecule has 39 heavy (non-hydrogen) atoms. The van der Waals surface area contributed by atoms with Gasteiger partial charge in [-0.2, -0.15) is 0 Å². The fourth-order valence-electron chi connectivity index (χ4n) is 5.33. The number of piperidine rings is 1. The molecule has 202 valence electrons. The molecule has 0 bridgehead atoms. The van der Waals surface area contributed by atoms with Gasteiger partial charge in [0.05, 0.1) is 17.5 Å². The minimum atomic E-state index is -0.986. The number of likely N-dealkylation sites (tertiary alicyclic amines) is 1. The van der Waals surface area contributed by atoms with Crippen LogP contribution in [0.4, 0.5) is 4.79 Å². The molecule has 1 amide bonds. The lowest BCUT2D eigenvalue weighted by atomic mass is 9.87. The van der Waals surface area contributed by atoms with Crippen LogP contribution >= 0.6 is 0 Å². The molecule has 1 aliphatic rings. The Morgan fingerprint density at radius 3 is 2.49 bits per heavy atom.